The first-order valence-corrected chi connectivity index (χ1v) is 9.18. The molecule has 150 valence electrons. The van der Waals surface area contributed by atoms with E-state index in [-0.39, 0.29) is 6.61 Å². The number of urea groups is 1. The minimum Gasteiger partial charge on any atom is -0.496 e. The Kier molecular flexibility index (Phi) is 6.54. The topological polar surface area (TPSA) is 98.5 Å². The summed E-state index contributed by atoms with van der Waals surface area (Å²) in [5.74, 6) is 6.47. The molecular formula is C21H21ClN4O3. The molecule has 2 aromatic carbocycles. The molecule has 3 aromatic rings. The van der Waals surface area contributed by atoms with Crippen molar-refractivity contribution in [2.24, 2.45) is 5.84 Å². The summed E-state index contributed by atoms with van der Waals surface area (Å²) in [6, 6.07) is 14.3. The van der Waals surface area contributed by atoms with Crippen molar-refractivity contribution in [1.29, 1.82) is 0 Å². The number of rotatable bonds is 6. The maximum atomic E-state index is 11.6. The van der Waals surface area contributed by atoms with Crippen LogP contribution in [0.5, 0.6) is 11.5 Å². The van der Waals surface area contributed by atoms with Crippen molar-refractivity contribution in [3.8, 4) is 22.8 Å². The van der Waals surface area contributed by atoms with E-state index in [9.17, 15) is 4.79 Å². The van der Waals surface area contributed by atoms with Crippen LogP contribution in [0.3, 0.4) is 0 Å². The van der Waals surface area contributed by atoms with Crippen LogP contribution in [0.25, 0.3) is 11.3 Å². The van der Waals surface area contributed by atoms with E-state index >= 15 is 0 Å². The van der Waals surface area contributed by atoms with E-state index in [1.807, 2.05) is 36.6 Å². The monoisotopic (exact) mass is 412 g/mol. The second kappa shape index (κ2) is 9.27. The predicted octanol–water partition coefficient (Wildman–Crippen LogP) is 4.29. The molecule has 0 aliphatic rings. The van der Waals surface area contributed by atoms with E-state index in [4.69, 9.17) is 26.9 Å². The maximum Gasteiger partial charge on any atom is 0.333 e. The number of methoxy groups -OCH3 is 1. The lowest BCUT2D eigenvalue weighted by Crippen LogP contribution is -2.34. The van der Waals surface area contributed by atoms with Gasteiger partial charge in [-0.05, 0) is 55.0 Å². The average Bonchev–Trinajstić information content (AvgIpc) is 2.73. The van der Waals surface area contributed by atoms with Gasteiger partial charge >= 0.3 is 6.03 Å². The van der Waals surface area contributed by atoms with E-state index in [2.05, 4.69) is 10.3 Å². The number of hydrogen-bond acceptors (Lipinski definition) is 5. The smallest absolute Gasteiger partial charge is 0.333 e. The number of nitrogens with two attached hydrogens (primary N) is 1. The quantitative estimate of drug-likeness (QED) is 0.318. The van der Waals surface area contributed by atoms with Gasteiger partial charge in [0.15, 0.2) is 0 Å². The molecule has 0 fully saturated rings. The Hall–Kier alpha value is -3.29. The minimum atomic E-state index is -0.532. The average molecular weight is 413 g/mol. The molecule has 7 nitrogen and oxygen atoms in total. The zero-order valence-electron chi connectivity index (χ0n) is 16.0. The third kappa shape index (κ3) is 4.96. The highest BCUT2D eigenvalue weighted by Gasteiger charge is 2.13. The standard InChI is InChI=1S/C21H21ClN4O3/c1-13-10-14(17-8-7-15(22)11-24-17)6-9-19(13)29-12-16-18(25-21(27)26-23)4-3-5-20(16)28-2/h3-11H,12,23H2,1-2H3,(H2,25,26,27). The number of nitrogens with one attached hydrogen (secondary N) is 2. The van der Waals surface area contributed by atoms with Gasteiger partial charge in [0.2, 0.25) is 0 Å². The van der Waals surface area contributed by atoms with Gasteiger partial charge in [-0.15, -0.1) is 0 Å². The molecule has 1 heterocycles. The van der Waals surface area contributed by atoms with Gasteiger partial charge in [-0.2, -0.15) is 0 Å². The Morgan fingerprint density at radius 2 is 2.00 bits per heavy atom. The first-order valence-electron chi connectivity index (χ1n) is 8.80. The van der Waals surface area contributed by atoms with Crippen molar-refractivity contribution in [2.75, 3.05) is 12.4 Å². The van der Waals surface area contributed by atoms with Crippen molar-refractivity contribution in [3.05, 3.63) is 70.9 Å². The first kappa shape index (κ1) is 20.4. The van der Waals surface area contributed by atoms with E-state index in [0.29, 0.717) is 27.8 Å². The molecule has 3 rings (SSSR count). The summed E-state index contributed by atoms with van der Waals surface area (Å²) < 4.78 is 11.4. The SMILES string of the molecule is COc1cccc(NC(=O)NN)c1COc1ccc(-c2ccc(Cl)cn2)cc1C. The van der Waals surface area contributed by atoms with Crippen LogP contribution in [-0.2, 0) is 6.61 Å². The van der Waals surface area contributed by atoms with Crippen LogP contribution >= 0.6 is 11.6 Å². The number of nitrogens with zero attached hydrogens (tertiary/aromatic N) is 1. The Labute approximate surface area is 173 Å². The van der Waals surface area contributed by atoms with Crippen LogP contribution < -0.4 is 26.1 Å². The number of carbonyl (C=O) groups excluding carboxylic acids is 1. The van der Waals surface area contributed by atoms with Crippen LogP contribution in [0.2, 0.25) is 5.02 Å². The van der Waals surface area contributed by atoms with Gasteiger partial charge in [-0.3, -0.25) is 10.4 Å². The second-order valence-electron chi connectivity index (χ2n) is 6.22. The number of aryl methyl sites for hydroxylation is 1. The summed E-state index contributed by atoms with van der Waals surface area (Å²) in [5.41, 5.74) is 6.02. The van der Waals surface area contributed by atoms with Crippen LogP contribution in [0.4, 0.5) is 10.5 Å². The fourth-order valence-electron chi connectivity index (χ4n) is 2.85. The molecule has 0 bridgehead atoms. The number of amides is 2. The van der Waals surface area contributed by atoms with Crippen LogP contribution in [-0.4, -0.2) is 18.1 Å². The molecule has 1 aromatic heterocycles. The lowest BCUT2D eigenvalue weighted by Gasteiger charge is -2.16. The fourth-order valence-corrected chi connectivity index (χ4v) is 2.96. The number of halogens is 1. The number of hydrogen-bond donors (Lipinski definition) is 3. The molecule has 29 heavy (non-hydrogen) atoms. The molecule has 0 aliphatic heterocycles. The molecule has 0 atom stereocenters. The number of hydrazine groups is 1. The third-order valence-corrected chi connectivity index (χ3v) is 4.53. The zero-order valence-corrected chi connectivity index (χ0v) is 16.8. The Morgan fingerprint density at radius 1 is 1.17 bits per heavy atom. The van der Waals surface area contributed by atoms with Crippen LogP contribution in [0, 0.1) is 6.92 Å². The largest absolute Gasteiger partial charge is 0.496 e. The normalized spacial score (nSPS) is 10.3. The fraction of sp³-hybridized carbons (Fsp3) is 0.143. The summed E-state index contributed by atoms with van der Waals surface area (Å²) >= 11 is 5.90. The number of carbonyl (C=O) groups is 1. The number of benzene rings is 2. The van der Waals surface area contributed by atoms with Crippen molar-refractivity contribution in [1.82, 2.24) is 10.4 Å². The highest BCUT2D eigenvalue weighted by molar-refractivity contribution is 6.30. The zero-order chi connectivity index (χ0) is 20.8. The Balaban J connectivity index is 1.81. The molecule has 0 radical (unpaired) electrons. The van der Waals surface area contributed by atoms with Crippen molar-refractivity contribution < 1.29 is 14.3 Å². The molecule has 8 heteroatoms. The van der Waals surface area contributed by atoms with E-state index < -0.39 is 6.03 Å². The van der Waals surface area contributed by atoms with Crippen molar-refractivity contribution in [3.63, 3.8) is 0 Å². The summed E-state index contributed by atoms with van der Waals surface area (Å²) in [6.07, 6.45) is 1.62. The van der Waals surface area contributed by atoms with Gasteiger partial charge in [0, 0.05) is 11.8 Å². The summed E-state index contributed by atoms with van der Waals surface area (Å²) in [4.78, 5) is 15.9. The summed E-state index contributed by atoms with van der Waals surface area (Å²) in [7, 11) is 1.56. The molecule has 0 saturated heterocycles. The first-order chi connectivity index (χ1) is 14.0. The molecule has 2 amide bonds. The Bertz CT molecular complexity index is 1010. The molecular weight excluding hydrogens is 392 g/mol. The summed E-state index contributed by atoms with van der Waals surface area (Å²) in [6.45, 7) is 2.15. The highest BCUT2D eigenvalue weighted by Crippen LogP contribution is 2.30. The number of anilines is 1. The maximum absolute atomic E-state index is 11.6. The second-order valence-corrected chi connectivity index (χ2v) is 6.65. The number of ether oxygens (including phenoxy) is 2. The summed E-state index contributed by atoms with van der Waals surface area (Å²) in [5, 5.41) is 3.26. The van der Waals surface area contributed by atoms with E-state index in [1.165, 1.54) is 0 Å². The molecule has 0 unspecified atom stereocenters. The lowest BCUT2D eigenvalue weighted by molar-refractivity contribution is 0.252. The minimum absolute atomic E-state index is 0.198. The van der Waals surface area contributed by atoms with Gasteiger partial charge < -0.3 is 14.8 Å². The molecule has 0 saturated carbocycles. The lowest BCUT2D eigenvalue weighted by atomic mass is 10.1. The van der Waals surface area contributed by atoms with Gasteiger partial charge in [0.05, 0.1) is 29.1 Å². The third-order valence-electron chi connectivity index (χ3n) is 4.30. The molecule has 4 N–H and O–H groups in total. The van der Waals surface area contributed by atoms with Crippen molar-refractivity contribution in [2.45, 2.75) is 13.5 Å². The van der Waals surface area contributed by atoms with Gasteiger partial charge in [-0.1, -0.05) is 17.7 Å². The Morgan fingerprint density at radius 3 is 2.66 bits per heavy atom. The van der Waals surface area contributed by atoms with E-state index in [1.54, 1.807) is 37.6 Å². The van der Waals surface area contributed by atoms with Crippen LogP contribution in [0.15, 0.2) is 54.7 Å². The molecule has 0 aliphatic carbocycles. The highest BCUT2D eigenvalue weighted by atomic mass is 35.5. The molecule has 0 spiro atoms. The van der Waals surface area contributed by atoms with Crippen LogP contribution in [0.1, 0.15) is 11.1 Å². The van der Waals surface area contributed by atoms with Crippen molar-refractivity contribution >= 4 is 23.3 Å². The number of pyridine rings is 1. The van der Waals surface area contributed by atoms with Gasteiger partial charge in [0.25, 0.3) is 0 Å². The predicted molar refractivity (Wildman–Crippen MR) is 113 cm³/mol. The van der Waals surface area contributed by atoms with Gasteiger partial charge in [-0.25, -0.2) is 10.6 Å². The van der Waals surface area contributed by atoms with Gasteiger partial charge in [0.1, 0.15) is 18.1 Å². The van der Waals surface area contributed by atoms with E-state index in [0.717, 1.165) is 16.8 Å². The number of aromatic nitrogens is 1.